The van der Waals surface area contributed by atoms with Crippen LogP contribution in [0.2, 0.25) is 0 Å². The third kappa shape index (κ3) is 3.67. The molecule has 6 heteroatoms. The normalized spacial score (nSPS) is 22.3. The van der Waals surface area contributed by atoms with E-state index in [9.17, 15) is 4.79 Å². The van der Waals surface area contributed by atoms with Gasteiger partial charge in [0, 0.05) is 17.8 Å². The first-order valence-corrected chi connectivity index (χ1v) is 7.12. The van der Waals surface area contributed by atoms with E-state index in [0.29, 0.717) is 5.82 Å². The predicted molar refractivity (Wildman–Crippen MR) is 77.3 cm³/mol. The molecular weight excluding hydrogens is 310 g/mol. The monoisotopic (exact) mass is 327 g/mol. The van der Waals surface area contributed by atoms with Gasteiger partial charge in [-0.05, 0) is 53.7 Å². The molecule has 104 valence electrons. The second-order valence-corrected chi connectivity index (χ2v) is 5.64. The zero-order valence-electron chi connectivity index (χ0n) is 11.1. The Balaban J connectivity index is 1.94. The zero-order valence-corrected chi connectivity index (χ0v) is 12.7. The van der Waals surface area contributed by atoms with Crippen molar-refractivity contribution in [2.45, 2.75) is 38.3 Å². The fourth-order valence-electron chi connectivity index (χ4n) is 2.36. The van der Waals surface area contributed by atoms with Crippen molar-refractivity contribution in [1.29, 1.82) is 0 Å². The minimum atomic E-state index is -0.230. The first-order chi connectivity index (χ1) is 9.10. The summed E-state index contributed by atoms with van der Waals surface area (Å²) in [7, 11) is 1.68. The summed E-state index contributed by atoms with van der Waals surface area (Å²) in [6, 6.07) is 1.77. The molecular formula is C13H18BrN3O2. The van der Waals surface area contributed by atoms with Crippen LogP contribution >= 0.6 is 15.9 Å². The smallest absolute Gasteiger partial charge is 0.320 e. The number of aromatic nitrogens is 1. The van der Waals surface area contributed by atoms with Gasteiger partial charge < -0.3 is 10.1 Å². The average Bonchev–Trinajstić information content (AvgIpc) is 2.80. The number of methoxy groups -OCH3 is 1. The molecule has 5 nitrogen and oxygen atoms in total. The molecule has 0 radical (unpaired) electrons. The number of urea groups is 1. The van der Waals surface area contributed by atoms with Crippen LogP contribution < -0.4 is 10.6 Å². The lowest BCUT2D eigenvalue weighted by Gasteiger charge is -2.20. The quantitative estimate of drug-likeness (QED) is 0.897. The van der Waals surface area contributed by atoms with E-state index in [1.807, 2.05) is 13.0 Å². The Bertz CT molecular complexity index is 467. The second-order valence-electron chi connectivity index (χ2n) is 4.73. The number of hydrogen-bond donors (Lipinski definition) is 2. The van der Waals surface area contributed by atoms with Crippen molar-refractivity contribution < 1.29 is 9.53 Å². The van der Waals surface area contributed by atoms with Crippen molar-refractivity contribution in [2.24, 2.45) is 0 Å². The van der Waals surface area contributed by atoms with Gasteiger partial charge in [0.25, 0.3) is 0 Å². The molecule has 1 aromatic heterocycles. The summed E-state index contributed by atoms with van der Waals surface area (Å²) in [5, 5.41) is 5.71. The molecule has 0 spiro atoms. The van der Waals surface area contributed by atoms with Crippen LogP contribution in [0.1, 0.15) is 24.8 Å². The molecule has 2 atom stereocenters. The molecule has 0 unspecified atom stereocenters. The molecule has 1 aliphatic rings. The highest BCUT2D eigenvalue weighted by molar-refractivity contribution is 9.10. The highest BCUT2D eigenvalue weighted by Gasteiger charge is 2.28. The molecule has 2 rings (SSSR count). The Labute approximate surface area is 121 Å². The van der Waals surface area contributed by atoms with Gasteiger partial charge in [-0.3, -0.25) is 5.32 Å². The lowest BCUT2D eigenvalue weighted by atomic mass is 10.2. The maximum atomic E-state index is 11.9. The van der Waals surface area contributed by atoms with Gasteiger partial charge in [0.2, 0.25) is 0 Å². The molecule has 1 saturated carbocycles. The summed E-state index contributed by atoms with van der Waals surface area (Å²) in [4.78, 5) is 16.1. The fourth-order valence-corrected chi connectivity index (χ4v) is 2.80. The van der Waals surface area contributed by atoms with E-state index in [0.717, 1.165) is 29.3 Å². The number of ether oxygens (including phenoxy) is 1. The average molecular weight is 328 g/mol. The molecule has 1 aliphatic carbocycles. The van der Waals surface area contributed by atoms with Crippen LogP contribution in [0.3, 0.4) is 0 Å². The Morgan fingerprint density at radius 1 is 1.53 bits per heavy atom. The van der Waals surface area contributed by atoms with E-state index >= 15 is 0 Å². The molecule has 19 heavy (non-hydrogen) atoms. The predicted octanol–water partition coefficient (Wildman–Crippen LogP) is 2.84. The molecule has 0 saturated heterocycles. The molecule has 2 N–H and O–H groups in total. The molecule has 1 fully saturated rings. The number of amides is 2. The van der Waals surface area contributed by atoms with Gasteiger partial charge in [0.1, 0.15) is 5.82 Å². The highest BCUT2D eigenvalue weighted by Crippen LogP contribution is 2.22. The van der Waals surface area contributed by atoms with Crippen molar-refractivity contribution in [3.63, 3.8) is 0 Å². The summed E-state index contributed by atoms with van der Waals surface area (Å²) in [6.07, 6.45) is 4.81. The maximum absolute atomic E-state index is 11.9. The van der Waals surface area contributed by atoms with Crippen LogP contribution in [0.5, 0.6) is 0 Å². The molecule has 1 heterocycles. The number of carbonyl (C=O) groups is 1. The molecule has 0 bridgehead atoms. The zero-order chi connectivity index (χ0) is 13.8. The third-order valence-electron chi connectivity index (χ3n) is 3.35. The lowest BCUT2D eigenvalue weighted by Crippen LogP contribution is -2.43. The number of nitrogens with one attached hydrogen (secondary N) is 2. The number of rotatable bonds is 3. The molecule has 1 aromatic rings. The van der Waals surface area contributed by atoms with Gasteiger partial charge >= 0.3 is 6.03 Å². The van der Waals surface area contributed by atoms with Crippen LogP contribution in [0.15, 0.2) is 16.7 Å². The summed E-state index contributed by atoms with van der Waals surface area (Å²) in [5.41, 5.74) is 0.916. The largest absolute Gasteiger partial charge is 0.379 e. The summed E-state index contributed by atoms with van der Waals surface area (Å²) < 4.78 is 6.24. The maximum Gasteiger partial charge on any atom is 0.320 e. The lowest BCUT2D eigenvalue weighted by molar-refractivity contribution is 0.0882. The van der Waals surface area contributed by atoms with Crippen molar-refractivity contribution in [1.82, 2.24) is 10.3 Å². The van der Waals surface area contributed by atoms with Crippen LogP contribution in [-0.4, -0.2) is 30.3 Å². The topological polar surface area (TPSA) is 63.2 Å². The second kappa shape index (κ2) is 6.34. The Morgan fingerprint density at radius 2 is 2.32 bits per heavy atom. The van der Waals surface area contributed by atoms with Gasteiger partial charge in [-0.15, -0.1) is 0 Å². The van der Waals surface area contributed by atoms with Crippen molar-refractivity contribution >= 4 is 27.8 Å². The third-order valence-corrected chi connectivity index (χ3v) is 3.78. The minimum absolute atomic E-state index is 0.0840. The van der Waals surface area contributed by atoms with Crippen LogP contribution in [-0.2, 0) is 4.74 Å². The van der Waals surface area contributed by atoms with Gasteiger partial charge in [0.15, 0.2) is 0 Å². The summed E-state index contributed by atoms with van der Waals surface area (Å²) >= 11 is 3.34. The van der Waals surface area contributed by atoms with E-state index < -0.39 is 0 Å². The first-order valence-electron chi connectivity index (χ1n) is 6.32. The standard InChI is InChI=1S/C13H18BrN3O2/c1-8-6-9(14)7-15-12(8)17-13(18)16-10-4-3-5-11(10)19-2/h6-7,10-11H,3-5H2,1-2H3,(H2,15,16,17,18)/t10-,11+/m0/s1. The summed E-state index contributed by atoms with van der Waals surface area (Å²) in [5.74, 6) is 0.577. The number of pyridine rings is 1. The number of aryl methyl sites for hydroxylation is 1. The SMILES string of the molecule is CO[C@@H]1CCC[C@@H]1NC(=O)Nc1ncc(Br)cc1C. The van der Waals surface area contributed by atoms with Crippen LogP contribution in [0.4, 0.5) is 10.6 Å². The van der Waals surface area contributed by atoms with Crippen molar-refractivity contribution in [3.8, 4) is 0 Å². The molecule has 0 aromatic carbocycles. The Morgan fingerprint density at radius 3 is 3.00 bits per heavy atom. The molecule has 0 aliphatic heterocycles. The van der Waals surface area contributed by atoms with E-state index in [1.54, 1.807) is 13.3 Å². The van der Waals surface area contributed by atoms with Crippen LogP contribution in [0, 0.1) is 6.92 Å². The van der Waals surface area contributed by atoms with E-state index in [1.165, 1.54) is 0 Å². The van der Waals surface area contributed by atoms with Crippen LogP contribution in [0.25, 0.3) is 0 Å². The highest BCUT2D eigenvalue weighted by atomic mass is 79.9. The van der Waals surface area contributed by atoms with Gasteiger partial charge in [-0.2, -0.15) is 0 Å². The molecule has 2 amide bonds. The number of hydrogen-bond acceptors (Lipinski definition) is 3. The van der Waals surface area contributed by atoms with Gasteiger partial charge in [-0.25, -0.2) is 9.78 Å². The van der Waals surface area contributed by atoms with Crippen molar-refractivity contribution in [3.05, 3.63) is 22.3 Å². The minimum Gasteiger partial charge on any atom is -0.379 e. The first kappa shape index (κ1) is 14.3. The number of halogens is 1. The fraction of sp³-hybridized carbons (Fsp3) is 0.538. The van der Waals surface area contributed by atoms with E-state index in [-0.39, 0.29) is 18.2 Å². The number of anilines is 1. The summed E-state index contributed by atoms with van der Waals surface area (Å²) in [6.45, 7) is 1.90. The number of carbonyl (C=O) groups excluding carboxylic acids is 1. The Hall–Kier alpha value is -1.14. The van der Waals surface area contributed by atoms with Gasteiger partial charge in [0.05, 0.1) is 12.1 Å². The van der Waals surface area contributed by atoms with E-state index in [4.69, 9.17) is 4.74 Å². The number of nitrogens with zero attached hydrogens (tertiary/aromatic N) is 1. The van der Waals surface area contributed by atoms with Crippen molar-refractivity contribution in [2.75, 3.05) is 12.4 Å². The Kier molecular flexibility index (Phi) is 4.76. The van der Waals surface area contributed by atoms with E-state index in [2.05, 4.69) is 31.5 Å². The van der Waals surface area contributed by atoms with Gasteiger partial charge in [-0.1, -0.05) is 0 Å².